The Morgan fingerprint density at radius 2 is 2.00 bits per heavy atom. The summed E-state index contributed by atoms with van der Waals surface area (Å²) in [4.78, 5) is 14.3. The van der Waals surface area contributed by atoms with Crippen molar-refractivity contribution in [1.29, 1.82) is 0 Å². The molecule has 0 radical (unpaired) electrons. The summed E-state index contributed by atoms with van der Waals surface area (Å²) in [6.07, 6.45) is 3.55. The largest absolute Gasteiger partial charge is 0.389 e. The van der Waals surface area contributed by atoms with E-state index in [1.165, 1.54) is 0 Å². The number of aromatic nitrogens is 2. The fourth-order valence-corrected chi connectivity index (χ4v) is 2.37. The molecule has 0 aromatic carbocycles. The second-order valence-corrected chi connectivity index (χ2v) is 5.76. The summed E-state index contributed by atoms with van der Waals surface area (Å²) in [6.45, 7) is 10.4. The maximum Gasteiger partial charge on any atom is 0.272 e. The summed E-state index contributed by atoms with van der Waals surface area (Å²) < 4.78 is 1.81. The molecule has 1 aromatic heterocycles. The summed E-state index contributed by atoms with van der Waals surface area (Å²) >= 11 is 0. The molecule has 114 valence electrons. The van der Waals surface area contributed by atoms with Gasteiger partial charge in [-0.25, -0.2) is 0 Å². The lowest BCUT2D eigenvalue weighted by molar-refractivity contribution is 0.0306. The fourth-order valence-electron chi connectivity index (χ4n) is 2.37. The van der Waals surface area contributed by atoms with Gasteiger partial charge in [0.2, 0.25) is 0 Å². The van der Waals surface area contributed by atoms with Crippen LogP contribution in [0.1, 0.15) is 64.0 Å². The van der Waals surface area contributed by atoms with Gasteiger partial charge in [0.1, 0.15) is 5.69 Å². The van der Waals surface area contributed by atoms with Crippen molar-refractivity contribution in [3.8, 4) is 0 Å². The van der Waals surface area contributed by atoms with Gasteiger partial charge in [-0.05, 0) is 39.7 Å². The van der Waals surface area contributed by atoms with Crippen LogP contribution < -0.4 is 0 Å². The molecule has 0 atom stereocenters. The third kappa shape index (κ3) is 4.07. The van der Waals surface area contributed by atoms with Crippen molar-refractivity contribution in [1.82, 2.24) is 14.7 Å². The zero-order chi connectivity index (χ0) is 15.3. The molecule has 0 aliphatic carbocycles. The first kappa shape index (κ1) is 16.7. The van der Waals surface area contributed by atoms with Crippen LogP contribution in [-0.4, -0.2) is 44.4 Å². The minimum Gasteiger partial charge on any atom is -0.389 e. The number of nitrogens with zero attached hydrogens (tertiary/aromatic N) is 3. The minimum atomic E-state index is -0.897. The molecule has 0 aliphatic heterocycles. The van der Waals surface area contributed by atoms with Crippen LogP contribution >= 0.6 is 0 Å². The highest BCUT2D eigenvalue weighted by atomic mass is 16.3. The molecular formula is C15H27N3O2. The van der Waals surface area contributed by atoms with E-state index in [1.807, 2.05) is 11.6 Å². The third-order valence-electron chi connectivity index (χ3n) is 3.42. The highest BCUT2D eigenvalue weighted by molar-refractivity contribution is 5.92. The lowest BCUT2D eigenvalue weighted by atomic mass is 10.1. The molecular weight excluding hydrogens is 254 g/mol. The average molecular weight is 281 g/mol. The van der Waals surface area contributed by atoms with Crippen molar-refractivity contribution in [3.05, 3.63) is 18.0 Å². The first-order valence-electron chi connectivity index (χ1n) is 7.39. The Bertz CT molecular complexity index is 431. The lowest BCUT2D eigenvalue weighted by Gasteiger charge is -2.28. The van der Waals surface area contributed by atoms with Crippen LogP contribution in [0.3, 0.4) is 0 Å². The number of likely N-dealkylation sites (N-methyl/N-ethyl adjacent to an activating group) is 1. The van der Waals surface area contributed by atoms with E-state index in [4.69, 9.17) is 0 Å². The molecule has 0 saturated heterocycles. The molecule has 1 N–H and O–H groups in total. The molecule has 0 unspecified atom stereocenters. The Morgan fingerprint density at radius 3 is 2.45 bits per heavy atom. The summed E-state index contributed by atoms with van der Waals surface area (Å²) in [5, 5.41) is 14.2. The number of hydrogen-bond donors (Lipinski definition) is 1. The molecule has 5 heteroatoms. The third-order valence-corrected chi connectivity index (χ3v) is 3.42. The van der Waals surface area contributed by atoms with Crippen LogP contribution in [-0.2, 0) is 0 Å². The van der Waals surface area contributed by atoms with Crippen LogP contribution in [0.4, 0.5) is 0 Å². The normalized spacial score (nSPS) is 11.9. The van der Waals surface area contributed by atoms with E-state index in [1.54, 1.807) is 31.0 Å². The second-order valence-electron chi connectivity index (χ2n) is 5.76. The van der Waals surface area contributed by atoms with Gasteiger partial charge in [-0.15, -0.1) is 0 Å². The highest BCUT2D eigenvalue weighted by Gasteiger charge is 2.25. The van der Waals surface area contributed by atoms with E-state index < -0.39 is 5.60 Å². The van der Waals surface area contributed by atoms with Crippen molar-refractivity contribution in [2.75, 3.05) is 13.1 Å². The zero-order valence-electron chi connectivity index (χ0n) is 13.3. The second kappa shape index (κ2) is 6.88. The van der Waals surface area contributed by atoms with E-state index in [0.717, 1.165) is 12.8 Å². The molecule has 0 aliphatic rings. The van der Waals surface area contributed by atoms with Gasteiger partial charge in [0.05, 0.1) is 11.6 Å². The minimum absolute atomic E-state index is 0.0703. The van der Waals surface area contributed by atoms with Crippen molar-refractivity contribution in [2.24, 2.45) is 0 Å². The Labute approximate surface area is 121 Å². The van der Waals surface area contributed by atoms with Crippen molar-refractivity contribution >= 4 is 5.91 Å². The molecule has 5 nitrogen and oxygen atoms in total. The summed E-state index contributed by atoms with van der Waals surface area (Å²) in [7, 11) is 0. The lowest BCUT2D eigenvalue weighted by Crippen LogP contribution is -2.43. The predicted octanol–water partition coefficient (Wildman–Crippen LogP) is 2.48. The number of hydrogen-bond acceptors (Lipinski definition) is 3. The number of rotatable bonds is 7. The molecule has 1 amide bonds. The summed E-state index contributed by atoms with van der Waals surface area (Å²) in [5.41, 5.74) is -0.296. The van der Waals surface area contributed by atoms with E-state index in [0.29, 0.717) is 18.8 Å². The number of aliphatic hydroxyl groups is 1. The molecule has 0 spiro atoms. The van der Waals surface area contributed by atoms with E-state index in [-0.39, 0.29) is 11.9 Å². The Morgan fingerprint density at radius 1 is 1.40 bits per heavy atom. The summed E-state index contributed by atoms with van der Waals surface area (Å²) in [5.74, 6) is -0.0703. The number of amides is 1. The molecule has 1 rings (SSSR count). The first-order chi connectivity index (χ1) is 9.34. The van der Waals surface area contributed by atoms with E-state index in [9.17, 15) is 9.90 Å². The predicted molar refractivity (Wildman–Crippen MR) is 79.7 cm³/mol. The van der Waals surface area contributed by atoms with Gasteiger partial charge in [-0.3, -0.25) is 9.48 Å². The fraction of sp³-hybridized carbons (Fsp3) is 0.733. The molecule has 20 heavy (non-hydrogen) atoms. The van der Waals surface area contributed by atoms with Gasteiger partial charge < -0.3 is 10.0 Å². The Balaban J connectivity index is 2.99. The average Bonchev–Trinajstić information content (AvgIpc) is 2.85. The topological polar surface area (TPSA) is 58.4 Å². The van der Waals surface area contributed by atoms with Gasteiger partial charge in [-0.2, -0.15) is 5.10 Å². The van der Waals surface area contributed by atoms with Crippen LogP contribution in [0.25, 0.3) is 0 Å². The quantitative estimate of drug-likeness (QED) is 0.835. The number of carbonyl (C=O) groups excluding carboxylic acids is 1. The molecule has 1 aromatic rings. The molecule has 0 fully saturated rings. The van der Waals surface area contributed by atoms with Crippen LogP contribution in [0.5, 0.6) is 0 Å². The van der Waals surface area contributed by atoms with Gasteiger partial charge >= 0.3 is 0 Å². The zero-order valence-corrected chi connectivity index (χ0v) is 13.3. The van der Waals surface area contributed by atoms with Crippen molar-refractivity contribution < 1.29 is 9.90 Å². The van der Waals surface area contributed by atoms with E-state index >= 15 is 0 Å². The SMILES string of the molecule is CCC(CC)n1nccc1C(=O)N(CC)CC(C)(C)O. The van der Waals surface area contributed by atoms with Crippen LogP contribution in [0.15, 0.2) is 12.3 Å². The maximum absolute atomic E-state index is 12.6. The van der Waals surface area contributed by atoms with Gasteiger partial charge in [0.25, 0.3) is 5.91 Å². The molecule has 0 bridgehead atoms. The highest BCUT2D eigenvalue weighted by Crippen LogP contribution is 2.18. The molecule has 1 heterocycles. The number of carbonyl (C=O) groups is 1. The summed E-state index contributed by atoms with van der Waals surface area (Å²) in [6, 6.07) is 2.00. The molecule has 0 saturated carbocycles. The van der Waals surface area contributed by atoms with Gasteiger partial charge in [0.15, 0.2) is 0 Å². The monoisotopic (exact) mass is 281 g/mol. The standard InChI is InChI=1S/C15H27N3O2/c1-6-12(7-2)18-13(9-10-16-18)14(19)17(8-3)11-15(4,5)20/h9-10,12,20H,6-8,11H2,1-5H3. The van der Waals surface area contributed by atoms with E-state index in [2.05, 4.69) is 18.9 Å². The first-order valence-corrected chi connectivity index (χ1v) is 7.39. The van der Waals surface area contributed by atoms with Crippen molar-refractivity contribution in [3.63, 3.8) is 0 Å². The Kier molecular flexibility index (Phi) is 5.74. The van der Waals surface area contributed by atoms with Crippen LogP contribution in [0, 0.1) is 0 Å². The Hall–Kier alpha value is -1.36. The van der Waals surface area contributed by atoms with Crippen molar-refractivity contribution in [2.45, 2.75) is 59.1 Å². The smallest absolute Gasteiger partial charge is 0.272 e. The maximum atomic E-state index is 12.6. The van der Waals surface area contributed by atoms with Gasteiger partial charge in [0, 0.05) is 19.3 Å². The van der Waals surface area contributed by atoms with Gasteiger partial charge in [-0.1, -0.05) is 13.8 Å². The van der Waals surface area contributed by atoms with Crippen LogP contribution in [0.2, 0.25) is 0 Å².